The number of hydrogen-bond acceptors (Lipinski definition) is 11. The quantitative estimate of drug-likeness (QED) is 0.0198. The lowest BCUT2D eigenvalue weighted by Gasteiger charge is -2.40. The SMILES string of the molecule is CCCCC/C=C/C/C=C/C/C=C/C/C=C/CCCCCC(=O)O[C@H](COC(=O)CCC/C=C/C/C=C/CCCCCCCCCCC)CO[C@H]1O[C@H](CS(=O)(=O)O)[C@@H](O)C(O)C1O. The first-order valence-electron chi connectivity index (χ1n) is 24.5. The van der Waals surface area contributed by atoms with Crippen LogP contribution in [0.5, 0.6) is 0 Å². The van der Waals surface area contributed by atoms with E-state index in [0.29, 0.717) is 19.3 Å². The zero-order valence-electron chi connectivity index (χ0n) is 39.4. The van der Waals surface area contributed by atoms with Gasteiger partial charge in [-0.15, -0.1) is 0 Å². The molecule has 368 valence electrons. The molecule has 1 saturated heterocycles. The summed E-state index contributed by atoms with van der Waals surface area (Å²) in [4.78, 5) is 25.4. The molecule has 1 rings (SSSR count). The van der Waals surface area contributed by atoms with Crippen molar-refractivity contribution in [3.63, 3.8) is 0 Å². The van der Waals surface area contributed by atoms with Crippen LogP contribution in [0.25, 0.3) is 0 Å². The summed E-state index contributed by atoms with van der Waals surface area (Å²) in [6, 6.07) is 0. The molecule has 64 heavy (non-hydrogen) atoms. The summed E-state index contributed by atoms with van der Waals surface area (Å²) in [6.45, 7) is 3.67. The Bertz CT molecular complexity index is 1450. The smallest absolute Gasteiger partial charge is 0.306 e. The van der Waals surface area contributed by atoms with Crippen LogP contribution in [0.4, 0.5) is 0 Å². The summed E-state index contributed by atoms with van der Waals surface area (Å²) in [5.41, 5.74) is 0. The van der Waals surface area contributed by atoms with Crippen LogP contribution in [-0.4, -0.2) is 96.0 Å². The highest BCUT2D eigenvalue weighted by molar-refractivity contribution is 7.85. The molecule has 13 heteroatoms. The maximum atomic E-state index is 12.8. The summed E-state index contributed by atoms with van der Waals surface area (Å²) < 4.78 is 54.1. The van der Waals surface area contributed by atoms with E-state index in [1.165, 1.54) is 77.0 Å². The number of unbranched alkanes of at least 4 members (excludes halogenated alkanes) is 16. The fourth-order valence-corrected chi connectivity index (χ4v) is 7.62. The summed E-state index contributed by atoms with van der Waals surface area (Å²) in [5.74, 6) is -2.09. The van der Waals surface area contributed by atoms with Crippen molar-refractivity contribution in [3.05, 3.63) is 72.9 Å². The van der Waals surface area contributed by atoms with Crippen molar-refractivity contribution < 1.29 is 56.8 Å². The van der Waals surface area contributed by atoms with Crippen molar-refractivity contribution >= 4 is 22.1 Å². The highest BCUT2D eigenvalue weighted by Crippen LogP contribution is 2.24. The third-order valence-corrected chi connectivity index (χ3v) is 11.5. The highest BCUT2D eigenvalue weighted by Gasteiger charge is 2.46. The van der Waals surface area contributed by atoms with Crippen molar-refractivity contribution in [1.82, 2.24) is 0 Å². The van der Waals surface area contributed by atoms with Crippen LogP contribution in [0, 0.1) is 0 Å². The lowest BCUT2D eigenvalue weighted by molar-refractivity contribution is -0.297. The Morgan fingerprint density at radius 1 is 0.531 bits per heavy atom. The number of allylic oxidation sites excluding steroid dienone is 12. The zero-order chi connectivity index (χ0) is 46.9. The molecule has 0 bridgehead atoms. The van der Waals surface area contributed by atoms with Crippen LogP contribution in [0.3, 0.4) is 0 Å². The van der Waals surface area contributed by atoms with E-state index >= 15 is 0 Å². The molecular formula is C51H86O12S. The number of ether oxygens (including phenoxy) is 4. The lowest BCUT2D eigenvalue weighted by Crippen LogP contribution is -2.60. The first kappa shape index (κ1) is 59.1. The van der Waals surface area contributed by atoms with Crippen LogP contribution in [0.15, 0.2) is 72.9 Å². The second-order valence-electron chi connectivity index (χ2n) is 16.8. The van der Waals surface area contributed by atoms with Gasteiger partial charge in [-0.25, -0.2) is 0 Å². The number of hydrogen-bond donors (Lipinski definition) is 4. The standard InChI is InChI=1S/C51H86O12S/c1-3-5-7-9-11-13-15-17-19-21-22-24-26-28-30-32-34-36-38-40-47(53)62-44(42-61-51-50(56)49(55)48(54)45(63-51)43-64(57,58)59)41-60-46(52)39-37-35-33-31-29-27-25-23-20-18-16-14-12-10-8-6-4-2/h11,13,17,19,22,24-25,27-28,30-31,33,44-45,48-51,54-56H,3-10,12,14-16,18,20-21,23,26,29,32,34-43H2,1-2H3,(H,57,58,59)/b13-11+,19-17+,24-22+,27-25+,30-28+,33-31+/t44-,45-,48-,49?,50?,51+/m1/s1. The first-order chi connectivity index (χ1) is 31.0. The first-order valence-corrected chi connectivity index (χ1v) is 26.1. The van der Waals surface area contributed by atoms with Crippen LogP contribution in [-0.2, 0) is 38.7 Å². The highest BCUT2D eigenvalue weighted by atomic mass is 32.2. The number of esters is 2. The number of carbonyl (C=O) groups excluding carboxylic acids is 2. The van der Waals surface area contributed by atoms with Crippen LogP contribution < -0.4 is 0 Å². The van der Waals surface area contributed by atoms with Gasteiger partial charge in [0.15, 0.2) is 12.4 Å². The molecule has 0 spiro atoms. The van der Waals surface area contributed by atoms with Gasteiger partial charge in [-0.2, -0.15) is 8.42 Å². The molecule has 0 amide bonds. The van der Waals surface area contributed by atoms with Crippen LogP contribution in [0.1, 0.15) is 181 Å². The number of aliphatic hydroxyl groups excluding tert-OH is 3. The van der Waals surface area contributed by atoms with E-state index in [-0.39, 0.29) is 19.4 Å². The van der Waals surface area contributed by atoms with Crippen molar-refractivity contribution in [3.8, 4) is 0 Å². The molecule has 1 aliphatic heterocycles. The zero-order valence-corrected chi connectivity index (χ0v) is 40.2. The molecule has 2 unspecified atom stereocenters. The van der Waals surface area contributed by atoms with Gasteiger partial charge in [0.1, 0.15) is 36.8 Å². The molecule has 4 N–H and O–H groups in total. The molecule has 6 atom stereocenters. The lowest BCUT2D eigenvalue weighted by atomic mass is 10.00. The van der Waals surface area contributed by atoms with Gasteiger partial charge in [0.25, 0.3) is 10.1 Å². The van der Waals surface area contributed by atoms with E-state index in [4.69, 9.17) is 18.9 Å². The van der Waals surface area contributed by atoms with E-state index < -0.39 is 71.2 Å². The largest absolute Gasteiger partial charge is 0.462 e. The van der Waals surface area contributed by atoms with Gasteiger partial charge >= 0.3 is 11.9 Å². The summed E-state index contributed by atoms with van der Waals surface area (Å²) in [5, 5.41) is 30.9. The maximum absolute atomic E-state index is 12.8. The maximum Gasteiger partial charge on any atom is 0.306 e. The Morgan fingerprint density at radius 2 is 0.953 bits per heavy atom. The predicted molar refractivity (Wildman–Crippen MR) is 256 cm³/mol. The third kappa shape index (κ3) is 34.4. The minimum absolute atomic E-state index is 0.115. The molecule has 1 aliphatic rings. The fraction of sp³-hybridized carbons (Fsp3) is 0.725. The van der Waals surface area contributed by atoms with Gasteiger partial charge in [-0.3, -0.25) is 14.1 Å². The average Bonchev–Trinajstić information content (AvgIpc) is 3.26. The minimum Gasteiger partial charge on any atom is -0.462 e. The van der Waals surface area contributed by atoms with E-state index in [1.807, 2.05) is 6.08 Å². The van der Waals surface area contributed by atoms with Crippen LogP contribution in [0.2, 0.25) is 0 Å². The molecule has 0 aromatic rings. The van der Waals surface area contributed by atoms with E-state index in [2.05, 4.69) is 80.7 Å². The number of carbonyl (C=O) groups is 2. The molecular weight excluding hydrogens is 837 g/mol. The average molecular weight is 923 g/mol. The molecule has 1 fully saturated rings. The van der Waals surface area contributed by atoms with E-state index in [1.54, 1.807) is 0 Å². The van der Waals surface area contributed by atoms with E-state index in [9.17, 15) is 37.9 Å². The van der Waals surface area contributed by atoms with Crippen molar-refractivity contribution in [1.29, 1.82) is 0 Å². The van der Waals surface area contributed by atoms with Crippen LogP contribution >= 0.6 is 0 Å². The molecule has 0 aliphatic carbocycles. The van der Waals surface area contributed by atoms with Gasteiger partial charge < -0.3 is 34.3 Å². The second kappa shape index (κ2) is 40.4. The molecule has 0 radical (unpaired) electrons. The number of aliphatic hydroxyl groups is 3. The van der Waals surface area contributed by atoms with Gasteiger partial charge in [0.05, 0.1) is 6.61 Å². The van der Waals surface area contributed by atoms with Crippen molar-refractivity contribution in [2.45, 2.75) is 218 Å². The normalized spacial score (nSPS) is 20.2. The Labute approximate surface area is 387 Å². The molecule has 0 saturated carbocycles. The van der Waals surface area contributed by atoms with Gasteiger partial charge in [-0.1, -0.05) is 157 Å². The molecule has 1 heterocycles. The Morgan fingerprint density at radius 3 is 1.47 bits per heavy atom. The van der Waals surface area contributed by atoms with E-state index in [0.717, 1.165) is 57.8 Å². The summed E-state index contributed by atoms with van der Waals surface area (Å²) >= 11 is 0. The number of rotatable bonds is 40. The monoisotopic (exact) mass is 923 g/mol. The Kier molecular flexibility index (Phi) is 37.3. The Balaban J connectivity index is 2.48. The topological polar surface area (TPSA) is 186 Å². The van der Waals surface area contributed by atoms with Gasteiger partial charge in [0, 0.05) is 12.8 Å². The fourth-order valence-electron chi connectivity index (χ4n) is 6.93. The predicted octanol–water partition coefficient (Wildman–Crippen LogP) is 10.7. The molecule has 0 aromatic heterocycles. The third-order valence-electron chi connectivity index (χ3n) is 10.8. The van der Waals surface area contributed by atoms with Crippen molar-refractivity contribution in [2.24, 2.45) is 0 Å². The molecule has 12 nitrogen and oxygen atoms in total. The molecule has 0 aromatic carbocycles. The summed E-state index contributed by atoms with van der Waals surface area (Å²) in [6.07, 6.45) is 42.3. The summed E-state index contributed by atoms with van der Waals surface area (Å²) in [7, 11) is -4.62. The van der Waals surface area contributed by atoms with Gasteiger partial charge in [0.2, 0.25) is 0 Å². The van der Waals surface area contributed by atoms with Crippen molar-refractivity contribution in [2.75, 3.05) is 19.0 Å². The minimum atomic E-state index is -4.62. The Hall–Kier alpha value is -2.91. The second-order valence-corrected chi connectivity index (χ2v) is 18.3. The van der Waals surface area contributed by atoms with Gasteiger partial charge in [-0.05, 0) is 83.5 Å².